The number of para-hydroxylation sites is 2. The lowest BCUT2D eigenvalue weighted by molar-refractivity contribution is -0.126. The molecule has 1 amide bonds. The van der Waals surface area contributed by atoms with E-state index in [0.29, 0.717) is 6.54 Å². The van der Waals surface area contributed by atoms with Crippen molar-refractivity contribution in [3.8, 4) is 0 Å². The van der Waals surface area contributed by atoms with Gasteiger partial charge in [0.25, 0.3) is 0 Å². The van der Waals surface area contributed by atoms with Gasteiger partial charge in [-0.05, 0) is 37.5 Å². The minimum Gasteiger partial charge on any atom is -0.346 e. The maximum atomic E-state index is 12.7. The number of hydrogen-bond acceptors (Lipinski definition) is 2. The lowest BCUT2D eigenvalue weighted by atomic mass is 9.88. The first-order valence-electron chi connectivity index (χ1n) is 10.7. The van der Waals surface area contributed by atoms with Crippen molar-refractivity contribution < 1.29 is 4.79 Å². The van der Waals surface area contributed by atoms with E-state index in [-0.39, 0.29) is 17.9 Å². The molecule has 0 radical (unpaired) electrons. The Labute approximate surface area is 172 Å². The summed E-state index contributed by atoms with van der Waals surface area (Å²) < 4.78 is 2.21. The minimum atomic E-state index is -0.123. The van der Waals surface area contributed by atoms with Gasteiger partial charge in [0, 0.05) is 12.5 Å². The van der Waals surface area contributed by atoms with Crippen molar-refractivity contribution in [3.05, 3.63) is 72.1 Å². The summed E-state index contributed by atoms with van der Waals surface area (Å²) in [6.45, 7) is 2.76. The Morgan fingerprint density at radius 3 is 2.62 bits per heavy atom. The first kappa shape index (κ1) is 19.4. The number of imidazole rings is 1. The molecule has 0 spiro atoms. The van der Waals surface area contributed by atoms with Crippen molar-refractivity contribution in [1.29, 1.82) is 0 Å². The van der Waals surface area contributed by atoms with Crippen molar-refractivity contribution in [1.82, 2.24) is 14.9 Å². The van der Waals surface area contributed by atoms with Gasteiger partial charge in [-0.3, -0.25) is 4.79 Å². The predicted octanol–water partition coefficient (Wildman–Crippen LogP) is 5.51. The highest BCUT2D eigenvalue weighted by Crippen LogP contribution is 2.26. The van der Waals surface area contributed by atoms with Gasteiger partial charge in [0.15, 0.2) is 0 Å². The molecule has 2 aromatic carbocycles. The van der Waals surface area contributed by atoms with Crippen molar-refractivity contribution in [3.63, 3.8) is 0 Å². The fraction of sp³-hybridized carbons (Fsp3) is 0.360. The van der Waals surface area contributed by atoms with Crippen molar-refractivity contribution in [2.75, 3.05) is 0 Å². The lowest BCUT2D eigenvalue weighted by Crippen LogP contribution is -2.34. The second kappa shape index (κ2) is 9.08. The fourth-order valence-corrected chi connectivity index (χ4v) is 4.24. The van der Waals surface area contributed by atoms with E-state index in [1.54, 1.807) is 0 Å². The fourth-order valence-electron chi connectivity index (χ4n) is 4.24. The lowest BCUT2D eigenvalue weighted by Gasteiger charge is -2.23. The Balaban J connectivity index is 1.55. The second-order valence-electron chi connectivity index (χ2n) is 7.95. The van der Waals surface area contributed by atoms with E-state index in [2.05, 4.69) is 40.2 Å². The number of aromatic nitrogens is 2. The Kier molecular flexibility index (Phi) is 6.09. The zero-order valence-electron chi connectivity index (χ0n) is 17.1. The van der Waals surface area contributed by atoms with Crippen molar-refractivity contribution in [2.45, 2.75) is 51.6 Å². The zero-order chi connectivity index (χ0) is 20.1. The SMILES string of the molecule is CC(NC(=O)C1CCCCC1)c1nc2ccccc2n1C/C=C/c1ccccc1. The van der Waals surface area contributed by atoms with Crippen molar-refractivity contribution >= 4 is 23.0 Å². The Morgan fingerprint density at radius 2 is 1.83 bits per heavy atom. The number of nitrogens with one attached hydrogen (secondary N) is 1. The molecule has 1 atom stereocenters. The summed E-state index contributed by atoms with van der Waals surface area (Å²) in [6.07, 6.45) is 9.88. The average Bonchev–Trinajstić information content (AvgIpc) is 3.14. The van der Waals surface area contributed by atoms with Crippen LogP contribution in [-0.4, -0.2) is 15.5 Å². The number of carbonyl (C=O) groups excluding carboxylic acids is 1. The highest BCUT2D eigenvalue weighted by Gasteiger charge is 2.24. The molecule has 150 valence electrons. The first-order chi connectivity index (χ1) is 14.2. The van der Waals surface area contributed by atoms with Gasteiger partial charge in [-0.15, -0.1) is 0 Å². The third kappa shape index (κ3) is 4.58. The summed E-state index contributed by atoms with van der Waals surface area (Å²) in [7, 11) is 0. The summed E-state index contributed by atoms with van der Waals surface area (Å²) in [5, 5.41) is 3.23. The molecule has 4 rings (SSSR count). The minimum absolute atomic E-state index is 0.123. The third-order valence-electron chi connectivity index (χ3n) is 5.80. The van der Waals surface area contributed by atoms with E-state index in [0.717, 1.165) is 42.5 Å². The van der Waals surface area contributed by atoms with E-state index in [1.165, 1.54) is 12.0 Å². The van der Waals surface area contributed by atoms with Gasteiger partial charge in [0.05, 0.1) is 17.1 Å². The summed E-state index contributed by atoms with van der Waals surface area (Å²) in [4.78, 5) is 17.6. The smallest absolute Gasteiger partial charge is 0.223 e. The average molecular weight is 388 g/mol. The molecule has 1 saturated carbocycles. The first-order valence-corrected chi connectivity index (χ1v) is 10.7. The van der Waals surface area contributed by atoms with E-state index >= 15 is 0 Å². The molecule has 29 heavy (non-hydrogen) atoms. The number of carbonyl (C=O) groups is 1. The quantitative estimate of drug-likeness (QED) is 0.606. The van der Waals surface area contributed by atoms with Crippen LogP contribution in [0.5, 0.6) is 0 Å². The predicted molar refractivity (Wildman–Crippen MR) is 118 cm³/mol. The zero-order valence-corrected chi connectivity index (χ0v) is 17.1. The Hall–Kier alpha value is -2.88. The van der Waals surface area contributed by atoms with Gasteiger partial charge >= 0.3 is 0 Å². The molecule has 0 saturated heterocycles. The summed E-state index contributed by atoms with van der Waals surface area (Å²) in [6, 6.07) is 18.3. The van der Waals surface area contributed by atoms with Crippen LogP contribution in [0.15, 0.2) is 60.7 Å². The molecule has 4 heteroatoms. The second-order valence-corrected chi connectivity index (χ2v) is 7.95. The molecule has 4 nitrogen and oxygen atoms in total. The molecule has 1 N–H and O–H groups in total. The molecule has 3 aromatic rings. The summed E-state index contributed by atoms with van der Waals surface area (Å²) in [5.74, 6) is 1.24. The van der Waals surface area contributed by atoms with Gasteiger partial charge in [0.2, 0.25) is 5.91 Å². The molecule has 1 unspecified atom stereocenters. The van der Waals surface area contributed by atoms with Gasteiger partial charge in [-0.1, -0.05) is 73.9 Å². The van der Waals surface area contributed by atoms with Crippen LogP contribution in [0.4, 0.5) is 0 Å². The number of fused-ring (bicyclic) bond motifs is 1. The number of rotatable bonds is 6. The molecular formula is C25H29N3O. The maximum absolute atomic E-state index is 12.7. The number of benzene rings is 2. The van der Waals surface area contributed by atoms with Crippen LogP contribution in [0.3, 0.4) is 0 Å². The Bertz CT molecular complexity index is 984. The third-order valence-corrected chi connectivity index (χ3v) is 5.80. The van der Waals surface area contributed by atoms with Crippen LogP contribution < -0.4 is 5.32 Å². The largest absolute Gasteiger partial charge is 0.346 e. The highest BCUT2D eigenvalue weighted by atomic mass is 16.1. The van der Waals surface area contributed by atoms with Crippen LogP contribution >= 0.6 is 0 Å². The van der Waals surface area contributed by atoms with Crippen molar-refractivity contribution in [2.24, 2.45) is 5.92 Å². The van der Waals surface area contributed by atoms with Gasteiger partial charge in [0.1, 0.15) is 5.82 Å². The van der Waals surface area contributed by atoms with E-state index in [4.69, 9.17) is 4.98 Å². The number of allylic oxidation sites excluding steroid dienone is 1. The van der Waals surface area contributed by atoms with Crippen LogP contribution in [0.2, 0.25) is 0 Å². The topological polar surface area (TPSA) is 46.9 Å². The Morgan fingerprint density at radius 1 is 1.10 bits per heavy atom. The van der Waals surface area contributed by atoms with Gasteiger partial charge < -0.3 is 9.88 Å². The standard InChI is InChI=1S/C25H29N3O/c1-19(26-25(29)21-14-6-3-7-15-21)24-27-22-16-8-9-17-23(22)28(24)18-10-13-20-11-4-2-5-12-20/h2,4-5,8-13,16-17,19,21H,3,6-7,14-15,18H2,1H3,(H,26,29)/b13-10+. The molecule has 1 aliphatic carbocycles. The maximum Gasteiger partial charge on any atom is 0.223 e. The molecular weight excluding hydrogens is 358 g/mol. The van der Waals surface area contributed by atoms with Gasteiger partial charge in [-0.25, -0.2) is 4.98 Å². The summed E-state index contributed by atoms with van der Waals surface area (Å²) >= 11 is 0. The monoisotopic (exact) mass is 387 g/mol. The van der Waals surface area contributed by atoms with Gasteiger partial charge in [-0.2, -0.15) is 0 Å². The molecule has 1 fully saturated rings. The molecule has 1 heterocycles. The molecule has 1 aromatic heterocycles. The highest BCUT2D eigenvalue weighted by molar-refractivity contribution is 5.80. The molecule has 1 aliphatic rings. The number of hydrogen-bond donors (Lipinski definition) is 1. The number of amides is 1. The van der Waals surface area contributed by atoms with E-state index < -0.39 is 0 Å². The molecule has 0 aliphatic heterocycles. The van der Waals surface area contributed by atoms with Crippen LogP contribution in [0.25, 0.3) is 17.1 Å². The van der Waals surface area contributed by atoms with E-state index in [1.807, 2.05) is 43.3 Å². The molecule has 0 bridgehead atoms. The summed E-state index contributed by atoms with van der Waals surface area (Å²) in [5.41, 5.74) is 3.24. The van der Waals surface area contributed by atoms with Crippen LogP contribution in [0.1, 0.15) is 56.5 Å². The van der Waals surface area contributed by atoms with Crippen LogP contribution in [-0.2, 0) is 11.3 Å². The van der Waals surface area contributed by atoms with Crippen LogP contribution in [0, 0.1) is 5.92 Å². The number of nitrogens with zero attached hydrogens (tertiary/aromatic N) is 2. The normalized spacial score (nSPS) is 16.3. The van der Waals surface area contributed by atoms with E-state index in [9.17, 15) is 4.79 Å².